The highest BCUT2D eigenvalue weighted by Gasteiger charge is 2.23. The number of fused-ring (bicyclic) bond motifs is 1. The molecule has 0 fully saturated rings. The van der Waals surface area contributed by atoms with Gasteiger partial charge in [-0.3, -0.25) is 4.79 Å². The Hall–Kier alpha value is -3.26. The van der Waals surface area contributed by atoms with Gasteiger partial charge in [-0.2, -0.15) is 5.10 Å². The van der Waals surface area contributed by atoms with Crippen molar-refractivity contribution in [2.24, 2.45) is 0 Å². The molecule has 3 aromatic rings. The lowest BCUT2D eigenvalue weighted by Crippen LogP contribution is -2.37. The van der Waals surface area contributed by atoms with E-state index < -0.39 is 12.1 Å². The van der Waals surface area contributed by atoms with Crippen LogP contribution >= 0.6 is 0 Å². The van der Waals surface area contributed by atoms with Gasteiger partial charge in [-0.25, -0.2) is 14.5 Å². The summed E-state index contributed by atoms with van der Waals surface area (Å²) >= 11 is 0. The molecule has 1 atom stereocenters. The summed E-state index contributed by atoms with van der Waals surface area (Å²) in [6.45, 7) is 6.25. The molecule has 2 heterocycles. The average molecular weight is 410 g/mol. The van der Waals surface area contributed by atoms with Crippen molar-refractivity contribution in [1.82, 2.24) is 20.1 Å². The summed E-state index contributed by atoms with van der Waals surface area (Å²) in [6, 6.07) is 11.3. The van der Waals surface area contributed by atoms with E-state index in [1.54, 1.807) is 24.1 Å². The van der Waals surface area contributed by atoms with Crippen LogP contribution in [0.1, 0.15) is 37.2 Å². The Bertz CT molecular complexity index is 1030. The molecule has 0 saturated heterocycles. The molecule has 0 saturated carbocycles. The Labute approximate surface area is 175 Å². The molecular weight excluding hydrogens is 384 g/mol. The number of carbonyl (C=O) groups is 2. The van der Waals surface area contributed by atoms with Gasteiger partial charge in [0.15, 0.2) is 11.8 Å². The lowest BCUT2D eigenvalue weighted by molar-refractivity contribution is -0.129. The molecule has 8 heteroatoms. The maximum Gasteiger partial charge on any atom is 0.339 e. The number of aromatic nitrogens is 3. The van der Waals surface area contributed by atoms with Crippen LogP contribution in [0.4, 0.5) is 0 Å². The number of rotatable bonds is 8. The number of nitrogens with zero attached hydrogens (tertiary/aromatic N) is 3. The molecule has 3 rings (SSSR count). The van der Waals surface area contributed by atoms with E-state index in [0.717, 1.165) is 5.56 Å². The van der Waals surface area contributed by atoms with Crippen molar-refractivity contribution >= 4 is 22.9 Å². The predicted octanol–water partition coefficient (Wildman–Crippen LogP) is 2.99. The van der Waals surface area contributed by atoms with E-state index in [0.29, 0.717) is 35.4 Å². The molecule has 0 radical (unpaired) electrons. The van der Waals surface area contributed by atoms with Crippen LogP contribution in [0.3, 0.4) is 0 Å². The van der Waals surface area contributed by atoms with Gasteiger partial charge in [0, 0.05) is 25.3 Å². The van der Waals surface area contributed by atoms with Gasteiger partial charge >= 0.3 is 5.97 Å². The highest BCUT2D eigenvalue weighted by molar-refractivity contribution is 6.04. The van der Waals surface area contributed by atoms with Crippen LogP contribution in [0.25, 0.3) is 22.3 Å². The van der Waals surface area contributed by atoms with E-state index in [2.05, 4.69) is 10.4 Å². The second-order valence-electron chi connectivity index (χ2n) is 7.17. The summed E-state index contributed by atoms with van der Waals surface area (Å²) in [7, 11) is 1.55. The average Bonchev–Trinajstić information content (AvgIpc) is 3.18. The van der Waals surface area contributed by atoms with E-state index in [4.69, 9.17) is 14.5 Å². The quantitative estimate of drug-likeness (QED) is 0.453. The van der Waals surface area contributed by atoms with E-state index >= 15 is 0 Å². The SMILES string of the molecule is COCCNC(=O)[C@H](C)OC(=O)c1cc(-c2ccccc2)nc2c1cnn2C(C)C. The molecule has 0 aliphatic rings. The molecular formula is C22H26N4O4. The van der Waals surface area contributed by atoms with Crippen LogP contribution in [0.2, 0.25) is 0 Å². The van der Waals surface area contributed by atoms with Crippen LogP contribution in [0.5, 0.6) is 0 Å². The molecule has 0 aliphatic heterocycles. The van der Waals surface area contributed by atoms with E-state index in [1.807, 2.05) is 44.2 Å². The molecule has 8 nitrogen and oxygen atoms in total. The topological polar surface area (TPSA) is 95.3 Å². The normalized spacial score (nSPS) is 12.2. The predicted molar refractivity (Wildman–Crippen MR) is 113 cm³/mol. The summed E-state index contributed by atoms with van der Waals surface area (Å²) in [5.41, 5.74) is 2.42. The fraction of sp³-hybridized carbons (Fsp3) is 0.364. The number of esters is 1. The van der Waals surface area contributed by atoms with Crippen LogP contribution in [-0.2, 0) is 14.3 Å². The molecule has 0 unspecified atom stereocenters. The minimum absolute atomic E-state index is 0.0652. The van der Waals surface area contributed by atoms with Gasteiger partial charge in [0.2, 0.25) is 0 Å². The summed E-state index contributed by atoms with van der Waals surface area (Å²) in [5.74, 6) is -0.982. The van der Waals surface area contributed by atoms with Crippen LogP contribution < -0.4 is 5.32 Å². The van der Waals surface area contributed by atoms with Gasteiger partial charge in [-0.15, -0.1) is 0 Å². The first-order valence-corrected chi connectivity index (χ1v) is 9.83. The summed E-state index contributed by atoms with van der Waals surface area (Å²) in [6.07, 6.45) is 0.662. The maximum atomic E-state index is 13.0. The molecule has 1 amide bonds. The van der Waals surface area contributed by atoms with E-state index in [9.17, 15) is 9.59 Å². The van der Waals surface area contributed by atoms with Crippen LogP contribution in [0, 0.1) is 0 Å². The molecule has 0 bridgehead atoms. The zero-order valence-electron chi connectivity index (χ0n) is 17.6. The monoisotopic (exact) mass is 410 g/mol. The lowest BCUT2D eigenvalue weighted by atomic mass is 10.1. The van der Waals surface area contributed by atoms with Crippen molar-refractivity contribution in [1.29, 1.82) is 0 Å². The Balaban J connectivity index is 1.95. The molecule has 1 aromatic carbocycles. The van der Waals surface area contributed by atoms with Gasteiger partial charge in [-0.1, -0.05) is 30.3 Å². The first-order valence-electron chi connectivity index (χ1n) is 9.83. The molecule has 2 aromatic heterocycles. The Morgan fingerprint density at radius 3 is 2.57 bits per heavy atom. The van der Waals surface area contributed by atoms with Gasteiger partial charge in [0.25, 0.3) is 5.91 Å². The number of benzene rings is 1. The molecule has 1 N–H and O–H groups in total. The van der Waals surface area contributed by atoms with Crippen LogP contribution in [0.15, 0.2) is 42.6 Å². The smallest absolute Gasteiger partial charge is 0.339 e. The number of hydrogen-bond donors (Lipinski definition) is 1. The zero-order chi connectivity index (χ0) is 21.7. The van der Waals surface area contributed by atoms with Crippen molar-refractivity contribution in [2.45, 2.75) is 32.9 Å². The first-order chi connectivity index (χ1) is 14.4. The van der Waals surface area contributed by atoms with Crippen LogP contribution in [-0.4, -0.2) is 53.0 Å². The fourth-order valence-electron chi connectivity index (χ4n) is 3.02. The Morgan fingerprint density at radius 2 is 1.90 bits per heavy atom. The third-order valence-corrected chi connectivity index (χ3v) is 4.60. The summed E-state index contributed by atoms with van der Waals surface area (Å²) < 4.78 is 12.1. The highest BCUT2D eigenvalue weighted by Crippen LogP contribution is 2.27. The minimum atomic E-state index is -0.946. The number of methoxy groups -OCH3 is 1. The molecule has 158 valence electrons. The van der Waals surface area contributed by atoms with Crippen molar-refractivity contribution in [2.75, 3.05) is 20.3 Å². The second-order valence-corrected chi connectivity index (χ2v) is 7.17. The van der Waals surface area contributed by atoms with E-state index in [1.165, 1.54) is 6.92 Å². The zero-order valence-corrected chi connectivity index (χ0v) is 17.6. The minimum Gasteiger partial charge on any atom is -0.449 e. The van der Waals surface area contributed by atoms with Crippen molar-refractivity contribution in [3.63, 3.8) is 0 Å². The van der Waals surface area contributed by atoms with Gasteiger partial charge in [0.05, 0.1) is 29.4 Å². The van der Waals surface area contributed by atoms with Gasteiger partial charge in [0.1, 0.15) is 0 Å². The standard InChI is InChI=1S/C22H26N4O4/c1-14(2)26-20-18(13-24-26)17(12-19(25-20)16-8-6-5-7-9-16)22(28)30-15(3)21(27)23-10-11-29-4/h5-9,12-15H,10-11H2,1-4H3,(H,23,27)/t15-/m0/s1. The van der Waals surface area contributed by atoms with E-state index in [-0.39, 0.29) is 11.9 Å². The summed E-state index contributed by atoms with van der Waals surface area (Å²) in [4.78, 5) is 29.9. The number of nitrogens with one attached hydrogen (secondary N) is 1. The van der Waals surface area contributed by atoms with Crippen molar-refractivity contribution in [3.05, 3.63) is 48.2 Å². The third kappa shape index (κ3) is 4.65. The second kappa shape index (κ2) is 9.49. The molecule has 0 aliphatic carbocycles. The number of pyridine rings is 1. The Kier molecular flexibility index (Phi) is 6.79. The lowest BCUT2D eigenvalue weighted by Gasteiger charge is -2.14. The number of amides is 1. The van der Waals surface area contributed by atoms with Gasteiger partial charge in [-0.05, 0) is 26.8 Å². The number of carbonyl (C=O) groups excluding carboxylic acids is 2. The third-order valence-electron chi connectivity index (χ3n) is 4.60. The number of hydrogen-bond acceptors (Lipinski definition) is 6. The maximum absolute atomic E-state index is 13.0. The first kappa shape index (κ1) is 21.4. The van der Waals surface area contributed by atoms with Crippen molar-refractivity contribution in [3.8, 4) is 11.3 Å². The van der Waals surface area contributed by atoms with Gasteiger partial charge < -0.3 is 14.8 Å². The fourth-order valence-corrected chi connectivity index (χ4v) is 3.02. The molecule has 0 spiro atoms. The summed E-state index contributed by atoms with van der Waals surface area (Å²) in [5, 5.41) is 7.64. The number of ether oxygens (including phenoxy) is 2. The highest BCUT2D eigenvalue weighted by atomic mass is 16.5. The molecule has 30 heavy (non-hydrogen) atoms. The van der Waals surface area contributed by atoms with Crippen molar-refractivity contribution < 1.29 is 19.1 Å². The largest absolute Gasteiger partial charge is 0.449 e. The Morgan fingerprint density at radius 1 is 1.17 bits per heavy atom.